The summed E-state index contributed by atoms with van der Waals surface area (Å²) in [5.41, 5.74) is 0. The smallest absolute Gasteiger partial charge is 0.00698 e. The number of hydrogen-bond acceptors (Lipinski definition) is 1. The highest BCUT2D eigenvalue weighted by Crippen LogP contribution is 2.29. The molecule has 1 N–H and O–H groups in total. The van der Waals surface area contributed by atoms with E-state index in [4.69, 9.17) is 0 Å². The largest absolute Gasteiger partial charge is 0.311 e. The maximum atomic E-state index is 3.96. The average molecular weight is 237 g/mol. The molecule has 0 aromatic heterocycles. The zero-order valence-corrected chi connectivity index (χ0v) is 11.7. The molecule has 0 aliphatic heterocycles. The minimum absolute atomic E-state index is 0.852. The molecule has 0 spiro atoms. The molecule has 0 unspecified atom stereocenters. The summed E-state index contributed by atoms with van der Waals surface area (Å²) in [6.07, 6.45) is 17.5. The van der Waals surface area contributed by atoms with E-state index in [1.54, 1.807) is 0 Å². The molecule has 0 aromatic carbocycles. The fourth-order valence-electron chi connectivity index (χ4n) is 3.81. The Kier molecular flexibility index (Phi) is 5.84. The second-order valence-electron chi connectivity index (χ2n) is 6.36. The Morgan fingerprint density at radius 3 is 1.94 bits per heavy atom. The predicted octanol–water partition coefficient (Wildman–Crippen LogP) is 4.66. The van der Waals surface area contributed by atoms with Crippen LogP contribution in [0.25, 0.3) is 0 Å². The summed E-state index contributed by atoms with van der Waals surface area (Å²) in [4.78, 5) is 0. The van der Waals surface area contributed by atoms with Crippen LogP contribution in [0, 0.1) is 5.92 Å². The molecule has 0 heterocycles. The summed E-state index contributed by atoms with van der Waals surface area (Å²) in [6.45, 7) is 2.33. The highest BCUT2D eigenvalue weighted by atomic mass is 14.9. The van der Waals surface area contributed by atoms with Crippen molar-refractivity contribution in [3.8, 4) is 0 Å². The van der Waals surface area contributed by atoms with Crippen LogP contribution >= 0.6 is 0 Å². The Morgan fingerprint density at radius 2 is 1.35 bits per heavy atom. The number of rotatable bonds is 4. The van der Waals surface area contributed by atoms with Crippen LogP contribution in [-0.4, -0.2) is 12.1 Å². The van der Waals surface area contributed by atoms with E-state index in [0.29, 0.717) is 0 Å². The Balaban J connectivity index is 1.66. The van der Waals surface area contributed by atoms with Crippen molar-refractivity contribution in [3.05, 3.63) is 0 Å². The molecule has 2 aliphatic carbocycles. The van der Waals surface area contributed by atoms with Crippen molar-refractivity contribution in [1.29, 1.82) is 0 Å². The topological polar surface area (TPSA) is 12.0 Å². The molecule has 2 rings (SSSR count). The highest BCUT2D eigenvalue weighted by Gasteiger charge is 2.22. The Morgan fingerprint density at radius 1 is 0.765 bits per heavy atom. The van der Waals surface area contributed by atoms with E-state index in [0.717, 1.165) is 18.0 Å². The monoisotopic (exact) mass is 237 g/mol. The molecule has 2 saturated carbocycles. The molecule has 1 nitrogen and oxygen atoms in total. The molecule has 0 atom stereocenters. The molecule has 17 heavy (non-hydrogen) atoms. The van der Waals surface area contributed by atoms with Crippen LogP contribution in [0.5, 0.6) is 0 Å². The normalized spacial score (nSPS) is 32.3. The molecule has 0 amide bonds. The fraction of sp³-hybridized carbons (Fsp3) is 1.00. The lowest BCUT2D eigenvalue weighted by Crippen LogP contribution is -2.40. The second-order valence-corrected chi connectivity index (χ2v) is 6.36. The van der Waals surface area contributed by atoms with Crippen LogP contribution in [0.2, 0.25) is 0 Å². The minimum atomic E-state index is 0.852. The van der Waals surface area contributed by atoms with E-state index >= 15 is 0 Å². The van der Waals surface area contributed by atoms with Gasteiger partial charge in [-0.3, -0.25) is 0 Å². The van der Waals surface area contributed by atoms with Gasteiger partial charge < -0.3 is 5.32 Å². The van der Waals surface area contributed by atoms with Gasteiger partial charge in [0.25, 0.3) is 0 Å². The van der Waals surface area contributed by atoms with Crippen molar-refractivity contribution >= 4 is 0 Å². The summed E-state index contributed by atoms with van der Waals surface area (Å²) < 4.78 is 0. The predicted molar refractivity (Wildman–Crippen MR) is 75.3 cm³/mol. The van der Waals surface area contributed by atoms with Gasteiger partial charge in [-0.25, -0.2) is 0 Å². The number of hydrogen-bond donors (Lipinski definition) is 1. The van der Waals surface area contributed by atoms with E-state index in [-0.39, 0.29) is 0 Å². The maximum absolute atomic E-state index is 3.96. The SMILES string of the molecule is CCCC1CCC(NC2CCCCCC2)CC1. The summed E-state index contributed by atoms with van der Waals surface area (Å²) in [6, 6.07) is 1.71. The van der Waals surface area contributed by atoms with Crippen LogP contribution in [0.15, 0.2) is 0 Å². The first-order chi connectivity index (χ1) is 8.38. The third kappa shape index (κ3) is 4.62. The third-order valence-corrected chi connectivity index (χ3v) is 4.87. The van der Waals surface area contributed by atoms with E-state index in [9.17, 15) is 0 Å². The van der Waals surface area contributed by atoms with Gasteiger partial charge in [0.1, 0.15) is 0 Å². The van der Waals surface area contributed by atoms with E-state index in [2.05, 4.69) is 12.2 Å². The first-order valence-corrected chi connectivity index (χ1v) is 8.14. The van der Waals surface area contributed by atoms with Gasteiger partial charge in [0.05, 0.1) is 0 Å². The van der Waals surface area contributed by atoms with Crippen molar-refractivity contribution in [2.45, 2.75) is 96.1 Å². The summed E-state index contributed by atoms with van der Waals surface area (Å²) in [7, 11) is 0. The lowest BCUT2D eigenvalue weighted by Gasteiger charge is -2.32. The van der Waals surface area contributed by atoms with E-state index in [1.807, 2.05) is 0 Å². The van der Waals surface area contributed by atoms with Gasteiger partial charge in [0.2, 0.25) is 0 Å². The number of nitrogens with one attached hydrogen (secondary N) is 1. The van der Waals surface area contributed by atoms with Crippen LogP contribution in [0.1, 0.15) is 84.0 Å². The molecule has 0 bridgehead atoms. The summed E-state index contributed by atoms with van der Waals surface area (Å²) >= 11 is 0. The Labute approximate surface area is 108 Å². The first kappa shape index (κ1) is 13.4. The van der Waals surface area contributed by atoms with Crippen molar-refractivity contribution < 1.29 is 0 Å². The van der Waals surface area contributed by atoms with Gasteiger partial charge in [0, 0.05) is 12.1 Å². The first-order valence-electron chi connectivity index (χ1n) is 8.14. The molecule has 0 aromatic rings. The quantitative estimate of drug-likeness (QED) is 0.701. The molecular formula is C16H31N. The van der Waals surface area contributed by atoms with Crippen LogP contribution in [-0.2, 0) is 0 Å². The van der Waals surface area contributed by atoms with E-state index < -0.39 is 0 Å². The van der Waals surface area contributed by atoms with Gasteiger partial charge in [-0.15, -0.1) is 0 Å². The van der Waals surface area contributed by atoms with Gasteiger partial charge in [-0.1, -0.05) is 45.4 Å². The molecule has 1 heteroatoms. The lowest BCUT2D eigenvalue weighted by molar-refractivity contribution is 0.256. The van der Waals surface area contributed by atoms with Crippen LogP contribution in [0.4, 0.5) is 0 Å². The van der Waals surface area contributed by atoms with Gasteiger partial charge in [-0.05, 0) is 44.4 Å². The molecule has 0 radical (unpaired) electrons. The zero-order chi connectivity index (χ0) is 11.9. The summed E-state index contributed by atoms with van der Waals surface area (Å²) in [5.74, 6) is 1.05. The van der Waals surface area contributed by atoms with Gasteiger partial charge in [-0.2, -0.15) is 0 Å². The second kappa shape index (κ2) is 7.41. The fourth-order valence-corrected chi connectivity index (χ4v) is 3.81. The van der Waals surface area contributed by atoms with Crippen molar-refractivity contribution in [2.75, 3.05) is 0 Å². The molecule has 100 valence electrons. The highest BCUT2D eigenvalue weighted by molar-refractivity contribution is 4.81. The van der Waals surface area contributed by atoms with Gasteiger partial charge >= 0.3 is 0 Å². The average Bonchev–Trinajstić information content (AvgIpc) is 2.61. The molecular weight excluding hydrogens is 206 g/mol. The zero-order valence-electron chi connectivity index (χ0n) is 11.7. The molecule has 2 aliphatic rings. The standard InChI is InChI=1S/C16H31N/c1-2-7-14-10-12-16(13-11-14)17-15-8-5-3-4-6-9-15/h14-17H,2-13H2,1H3. The van der Waals surface area contributed by atoms with Crippen molar-refractivity contribution in [2.24, 2.45) is 5.92 Å². The minimum Gasteiger partial charge on any atom is -0.311 e. The maximum Gasteiger partial charge on any atom is 0.00698 e. The third-order valence-electron chi connectivity index (χ3n) is 4.87. The summed E-state index contributed by atoms with van der Waals surface area (Å²) in [5, 5.41) is 3.96. The molecule has 2 fully saturated rings. The van der Waals surface area contributed by atoms with Crippen molar-refractivity contribution in [1.82, 2.24) is 5.32 Å². The Bertz CT molecular complexity index is 186. The van der Waals surface area contributed by atoms with Crippen molar-refractivity contribution in [3.63, 3.8) is 0 Å². The molecule has 0 saturated heterocycles. The lowest BCUT2D eigenvalue weighted by atomic mass is 9.83. The van der Waals surface area contributed by atoms with Crippen LogP contribution in [0.3, 0.4) is 0 Å². The van der Waals surface area contributed by atoms with Crippen LogP contribution < -0.4 is 5.32 Å². The Hall–Kier alpha value is -0.0400. The van der Waals surface area contributed by atoms with E-state index in [1.165, 1.54) is 77.0 Å². The van der Waals surface area contributed by atoms with Gasteiger partial charge in [0.15, 0.2) is 0 Å².